The van der Waals surface area contributed by atoms with Gasteiger partial charge >= 0.3 is 6.18 Å². The molecule has 0 heterocycles. The van der Waals surface area contributed by atoms with E-state index in [0.29, 0.717) is 16.9 Å². The van der Waals surface area contributed by atoms with E-state index in [-0.39, 0.29) is 24.5 Å². The number of nitrogens with one attached hydrogen (secondary N) is 1. The lowest BCUT2D eigenvalue weighted by atomic mass is 10.1. The quantitative estimate of drug-likeness (QED) is 0.161. The zero-order valence-electron chi connectivity index (χ0n) is 18.4. The Morgan fingerprint density at radius 1 is 0.944 bits per heavy atom. The van der Waals surface area contributed by atoms with Gasteiger partial charge in [0.05, 0.1) is 24.5 Å². The van der Waals surface area contributed by atoms with Gasteiger partial charge < -0.3 is 9.47 Å². The fraction of sp³-hybridized carbons (Fsp3) is 0.167. The summed E-state index contributed by atoms with van der Waals surface area (Å²) in [6.45, 7) is 2.00. The maximum Gasteiger partial charge on any atom is 0.422 e. The zero-order valence-corrected chi connectivity index (χ0v) is 18.4. The predicted molar refractivity (Wildman–Crippen MR) is 116 cm³/mol. The van der Waals surface area contributed by atoms with Gasteiger partial charge in [0.1, 0.15) is 17.9 Å². The molecule has 3 aromatic rings. The predicted octanol–water partition coefficient (Wildman–Crippen LogP) is 6.56. The maximum absolute atomic E-state index is 14.0. The van der Waals surface area contributed by atoms with E-state index in [0.717, 1.165) is 6.21 Å². The first-order chi connectivity index (χ1) is 17.1. The molecule has 12 heteroatoms. The molecule has 0 bridgehead atoms. The zero-order chi connectivity index (χ0) is 26.5. The second-order valence-corrected chi connectivity index (χ2v) is 7.07. The average molecular weight is 511 g/mol. The lowest BCUT2D eigenvalue weighted by Gasteiger charge is -2.14. The highest BCUT2D eigenvalue weighted by atomic mass is 19.4. The highest BCUT2D eigenvalue weighted by Gasteiger charge is 2.42. The number of anilines is 1. The normalized spacial score (nSPS) is 11.4. The van der Waals surface area contributed by atoms with Crippen LogP contribution in [0.5, 0.6) is 11.5 Å². The Labute approximate surface area is 200 Å². The van der Waals surface area contributed by atoms with Crippen molar-refractivity contribution in [1.29, 1.82) is 5.26 Å². The molecular formula is C24H16F7N3O2. The van der Waals surface area contributed by atoms with E-state index in [1.165, 1.54) is 18.2 Å². The van der Waals surface area contributed by atoms with Crippen LogP contribution in [0.3, 0.4) is 0 Å². The lowest BCUT2D eigenvalue weighted by Crippen LogP contribution is -2.16. The van der Waals surface area contributed by atoms with E-state index in [2.05, 4.69) is 11.2 Å². The highest BCUT2D eigenvalue weighted by molar-refractivity contribution is 5.81. The van der Waals surface area contributed by atoms with Crippen molar-refractivity contribution in [3.05, 3.63) is 88.0 Å². The van der Waals surface area contributed by atoms with Gasteiger partial charge in [0, 0.05) is 5.56 Å². The molecule has 3 aromatic carbocycles. The number of ether oxygens (including phenoxy) is 2. The molecular weight excluding hydrogens is 495 g/mol. The van der Waals surface area contributed by atoms with Gasteiger partial charge in [-0.25, -0.2) is 17.6 Å². The molecule has 188 valence electrons. The summed E-state index contributed by atoms with van der Waals surface area (Å²) < 4.78 is 105. The molecule has 0 saturated carbocycles. The number of benzene rings is 3. The summed E-state index contributed by atoms with van der Waals surface area (Å²) >= 11 is 0. The van der Waals surface area contributed by atoms with Crippen molar-refractivity contribution < 1.29 is 40.2 Å². The van der Waals surface area contributed by atoms with Crippen molar-refractivity contribution in [2.24, 2.45) is 5.10 Å². The molecule has 1 N–H and O–H groups in total. The van der Waals surface area contributed by atoms with E-state index >= 15 is 0 Å². The molecule has 0 aliphatic carbocycles. The molecule has 0 aromatic heterocycles. The van der Waals surface area contributed by atoms with Crippen LogP contribution >= 0.6 is 0 Å². The molecule has 0 saturated heterocycles. The van der Waals surface area contributed by atoms with Crippen LogP contribution in [-0.2, 0) is 12.8 Å². The number of halogens is 7. The van der Waals surface area contributed by atoms with Crippen LogP contribution in [0.25, 0.3) is 0 Å². The summed E-state index contributed by atoms with van der Waals surface area (Å²) in [5.74, 6) is -9.21. The minimum Gasteiger partial charge on any atom is -0.490 e. The van der Waals surface area contributed by atoms with Gasteiger partial charge in [0.25, 0.3) is 0 Å². The molecule has 0 atom stereocenters. The van der Waals surface area contributed by atoms with Crippen molar-refractivity contribution >= 4 is 11.9 Å². The summed E-state index contributed by atoms with van der Waals surface area (Å²) in [5.41, 5.74) is -1.18. The van der Waals surface area contributed by atoms with E-state index in [4.69, 9.17) is 9.47 Å². The standard InChI is InChI=1S/C24H16F7N3O2/c1-2-35-17-9-13(7-8-16(17)36-12-15-6-4-3-5-14(15)10-32)11-33-34-23-21(27)19(25)18(24(29,30)31)20(26)22(23)28/h3-9,11,34H,2,12H2,1H3. The van der Waals surface area contributed by atoms with Crippen LogP contribution < -0.4 is 14.9 Å². The summed E-state index contributed by atoms with van der Waals surface area (Å²) in [6.07, 6.45) is -4.66. The van der Waals surface area contributed by atoms with Gasteiger partial charge in [-0.1, -0.05) is 18.2 Å². The fourth-order valence-corrected chi connectivity index (χ4v) is 3.05. The Morgan fingerprint density at radius 2 is 1.61 bits per heavy atom. The summed E-state index contributed by atoms with van der Waals surface area (Å²) in [4.78, 5) is 0. The van der Waals surface area contributed by atoms with Gasteiger partial charge in [-0.3, -0.25) is 5.43 Å². The van der Waals surface area contributed by atoms with Crippen molar-refractivity contribution in [3.8, 4) is 17.6 Å². The maximum atomic E-state index is 14.0. The Hall–Kier alpha value is -4.27. The molecule has 0 aliphatic rings. The van der Waals surface area contributed by atoms with Crippen LogP contribution in [0, 0.1) is 34.6 Å². The van der Waals surface area contributed by atoms with Crippen LogP contribution in [-0.4, -0.2) is 12.8 Å². The van der Waals surface area contributed by atoms with Crippen molar-refractivity contribution in [3.63, 3.8) is 0 Å². The Bertz CT molecular complexity index is 1310. The van der Waals surface area contributed by atoms with Crippen LogP contribution in [0.15, 0.2) is 47.6 Å². The first-order valence-electron chi connectivity index (χ1n) is 10.2. The number of rotatable bonds is 8. The van der Waals surface area contributed by atoms with Crippen molar-refractivity contribution in [1.82, 2.24) is 0 Å². The minimum absolute atomic E-state index is 0.0579. The average Bonchev–Trinajstić information content (AvgIpc) is 2.84. The molecule has 0 spiro atoms. The highest BCUT2D eigenvalue weighted by Crippen LogP contribution is 2.38. The fourth-order valence-electron chi connectivity index (χ4n) is 3.05. The van der Waals surface area contributed by atoms with E-state index in [1.54, 1.807) is 36.6 Å². The number of nitriles is 1. The van der Waals surface area contributed by atoms with Crippen LogP contribution in [0.2, 0.25) is 0 Å². The molecule has 0 amide bonds. The van der Waals surface area contributed by atoms with Gasteiger partial charge in [-0.2, -0.15) is 23.5 Å². The Balaban J connectivity index is 1.81. The molecule has 5 nitrogen and oxygen atoms in total. The van der Waals surface area contributed by atoms with Gasteiger partial charge in [-0.05, 0) is 36.8 Å². The topological polar surface area (TPSA) is 66.6 Å². The summed E-state index contributed by atoms with van der Waals surface area (Å²) in [6, 6.07) is 13.2. The van der Waals surface area contributed by atoms with Gasteiger partial charge in [0.15, 0.2) is 34.8 Å². The third-order valence-corrected chi connectivity index (χ3v) is 4.73. The van der Waals surface area contributed by atoms with Gasteiger partial charge in [0.2, 0.25) is 0 Å². The Morgan fingerprint density at radius 3 is 2.22 bits per heavy atom. The van der Waals surface area contributed by atoms with Crippen LogP contribution in [0.4, 0.5) is 36.4 Å². The van der Waals surface area contributed by atoms with E-state index in [1.807, 2.05) is 0 Å². The molecule has 0 fully saturated rings. The van der Waals surface area contributed by atoms with Gasteiger partial charge in [-0.15, -0.1) is 0 Å². The largest absolute Gasteiger partial charge is 0.490 e. The van der Waals surface area contributed by atoms with Crippen molar-refractivity contribution in [2.75, 3.05) is 12.0 Å². The van der Waals surface area contributed by atoms with Crippen LogP contribution in [0.1, 0.15) is 29.2 Å². The first kappa shape index (κ1) is 26.3. The number of hydrazone groups is 1. The second kappa shape index (κ2) is 11.0. The van der Waals surface area contributed by atoms with Crippen molar-refractivity contribution in [2.45, 2.75) is 19.7 Å². The number of nitrogens with zero attached hydrogens (tertiary/aromatic N) is 2. The summed E-state index contributed by atoms with van der Waals surface area (Å²) in [7, 11) is 0. The minimum atomic E-state index is -5.65. The summed E-state index contributed by atoms with van der Waals surface area (Å²) in [5, 5.41) is 12.6. The number of hydrogen-bond donors (Lipinski definition) is 1. The third kappa shape index (κ3) is 5.68. The molecule has 0 unspecified atom stereocenters. The first-order valence-corrected chi connectivity index (χ1v) is 10.2. The Kier molecular flexibility index (Phi) is 8.03. The molecule has 3 rings (SSSR count). The number of hydrogen-bond acceptors (Lipinski definition) is 5. The lowest BCUT2D eigenvalue weighted by molar-refractivity contribution is -0.143. The van der Waals surface area contributed by atoms with E-state index < -0.39 is 40.7 Å². The van der Waals surface area contributed by atoms with E-state index in [9.17, 15) is 36.0 Å². The monoisotopic (exact) mass is 511 g/mol. The number of alkyl halides is 3. The SMILES string of the molecule is CCOc1cc(C=NNc2c(F)c(F)c(C(F)(F)F)c(F)c2F)ccc1OCc1ccccc1C#N. The third-order valence-electron chi connectivity index (χ3n) is 4.73. The molecule has 0 aliphatic heterocycles. The molecule has 36 heavy (non-hydrogen) atoms. The molecule has 0 radical (unpaired) electrons. The smallest absolute Gasteiger partial charge is 0.422 e. The second-order valence-electron chi connectivity index (χ2n) is 7.07.